The highest BCUT2D eigenvalue weighted by atomic mass is 16.4. The normalized spacial score (nSPS) is 18.7. The van der Waals surface area contributed by atoms with Gasteiger partial charge in [-0.3, -0.25) is 14.4 Å². The first kappa shape index (κ1) is 25.3. The number of rotatable bonds is 10. The Hall–Kier alpha value is -2.98. The van der Waals surface area contributed by atoms with Gasteiger partial charge in [-0.15, -0.1) is 0 Å². The number of aliphatic carboxylic acids is 1. The zero-order chi connectivity index (χ0) is 23.8. The standard InChI is InChI=1S/C22H32N4O6/c1-13(2)18(23)20(29)25-16(12-27)21(30)26-10-6-9-17(26)19(28)24-15(22(31)32)11-14-7-4-3-5-8-14/h3-5,7-8,13,15-18,27H,6,9-12,23H2,1-2H3,(H,24,28)(H,25,29)(H,31,32). The monoisotopic (exact) mass is 448 g/mol. The van der Waals surface area contributed by atoms with Crippen molar-refractivity contribution in [3.63, 3.8) is 0 Å². The van der Waals surface area contributed by atoms with Gasteiger partial charge in [0.05, 0.1) is 12.6 Å². The Bertz CT molecular complexity index is 816. The lowest BCUT2D eigenvalue weighted by atomic mass is 10.0. The Balaban J connectivity index is 2.06. The van der Waals surface area contributed by atoms with Crippen LogP contribution >= 0.6 is 0 Å². The minimum atomic E-state index is -1.24. The number of carboxylic acids is 1. The quantitative estimate of drug-likeness (QED) is 0.314. The molecule has 0 spiro atoms. The lowest BCUT2D eigenvalue weighted by Crippen LogP contribution is -2.58. The number of nitrogens with two attached hydrogens (primary N) is 1. The second-order valence-electron chi connectivity index (χ2n) is 8.29. The molecule has 0 bridgehead atoms. The van der Waals surface area contributed by atoms with E-state index in [0.717, 1.165) is 5.56 Å². The molecule has 1 aromatic carbocycles. The number of amides is 3. The van der Waals surface area contributed by atoms with E-state index in [9.17, 15) is 29.4 Å². The zero-order valence-electron chi connectivity index (χ0n) is 18.4. The topological polar surface area (TPSA) is 162 Å². The summed E-state index contributed by atoms with van der Waals surface area (Å²) in [5, 5.41) is 24.2. The highest BCUT2D eigenvalue weighted by Gasteiger charge is 2.39. The lowest BCUT2D eigenvalue weighted by Gasteiger charge is -2.29. The van der Waals surface area contributed by atoms with Crippen molar-refractivity contribution >= 4 is 23.7 Å². The minimum absolute atomic E-state index is 0.102. The molecule has 0 saturated carbocycles. The molecule has 1 fully saturated rings. The van der Waals surface area contributed by atoms with Crippen LogP contribution < -0.4 is 16.4 Å². The maximum Gasteiger partial charge on any atom is 0.326 e. The molecule has 176 valence electrons. The van der Waals surface area contributed by atoms with Crippen molar-refractivity contribution in [2.75, 3.05) is 13.2 Å². The molecule has 10 nitrogen and oxygen atoms in total. The van der Waals surface area contributed by atoms with Gasteiger partial charge in [-0.1, -0.05) is 44.2 Å². The van der Waals surface area contributed by atoms with Gasteiger partial charge in [0.2, 0.25) is 17.7 Å². The molecule has 1 aromatic rings. The van der Waals surface area contributed by atoms with Gasteiger partial charge in [0.25, 0.3) is 0 Å². The summed E-state index contributed by atoms with van der Waals surface area (Å²) in [4.78, 5) is 51.0. The molecule has 32 heavy (non-hydrogen) atoms. The first-order valence-corrected chi connectivity index (χ1v) is 10.7. The molecule has 6 N–H and O–H groups in total. The summed E-state index contributed by atoms with van der Waals surface area (Å²) in [5.41, 5.74) is 6.55. The SMILES string of the molecule is CC(C)C(N)C(=O)NC(CO)C(=O)N1CCCC1C(=O)NC(Cc1ccccc1)C(=O)O. The van der Waals surface area contributed by atoms with Gasteiger partial charge in [0, 0.05) is 13.0 Å². The molecule has 3 amide bonds. The van der Waals surface area contributed by atoms with Crippen molar-refractivity contribution in [3.8, 4) is 0 Å². The third kappa shape index (κ3) is 6.51. The Labute approximate surface area is 187 Å². The average molecular weight is 449 g/mol. The molecular weight excluding hydrogens is 416 g/mol. The predicted molar refractivity (Wildman–Crippen MR) is 116 cm³/mol. The number of carbonyl (C=O) groups excluding carboxylic acids is 3. The summed E-state index contributed by atoms with van der Waals surface area (Å²) < 4.78 is 0. The van der Waals surface area contributed by atoms with Gasteiger partial charge >= 0.3 is 5.97 Å². The molecule has 0 aromatic heterocycles. The second kappa shape index (κ2) is 11.6. The van der Waals surface area contributed by atoms with Crippen molar-refractivity contribution in [1.29, 1.82) is 0 Å². The van der Waals surface area contributed by atoms with Gasteiger partial charge in [0.15, 0.2) is 0 Å². The van der Waals surface area contributed by atoms with Crippen molar-refractivity contribution in [3.05, 3.63) is 35.9 Å². The number of nitrogens with one attached hydrogen (secondary N) is 2. The van der Waals surface area contributed by atoms with E-state index in [-0.39, 0.29) is 18.9 Å². The van der Waals surface area contributed by atoms with Crippen LogP contribution in [-0.4, -0.2) is 76.1 Å². The molecule has 1 aliphatic rings. The van der Waals surface area contributed by atoms with E-state index >= 15 is 0 Å². The van der Waals surface area contributed by atoms with Crippen LogP contribution in [0.1, 0.15) is 32.3 Å². The molecular formula is C22H32N4O6. The van der Waals surface area contributed by atoms with E-state index in [1.165, 1.54) is 4.90 Å². The number of hydrogen-bond acceptors (Lipinski definition) is 6. The first-order valence-electron chi connectivity index (χ1n) is 10.7. The van der Waals surface area contributed by atoms with Gasteiger partial charge in [-0.25, -0.2) is 4.79 Å². The number of aliphatic hydroxyl groups is 1. The van der Waals surface area contributed by atoms with Crippen LogP contribution in [0.2, 0.25) is 0 Å². The number of benzene rings is 1. The fourth-order valence-corrected chi connectivity index (χ4v) is 3.58. The van der Waals surface area contributed by atoms with Crippen LogP contribution in [0.3, 0.4) is 0 Å². The maximum absolute atomic E-state index is 12.9. The Morgan fingerprint density at radius 3 is 2.34 bits per heavy atom. The van der Waals surface area contributed by atoms with Crippen LogP contribution in [0.4, 0.5) is 0 Å². The van der Waals surface area contributed by atoms with Crippen molar-refractivity contribution in [2.45, 2.75) is 57.3 Å². The molecule has 10 heteroatoms. The third-order valence-electron chi connectivity index (χ3n) is 5.55. The number of nitrogens with zero attached hydrogens (tertiary/aromatic N) is 1. The average Bonchev–Trinajstić information content (AvgIpc) is 3.26. The number of likely N-dealkylation sites (tertiary alicyclic amines) is 1. The van der Waals surface area contributed by atoms with Crippen LogP contribution in [0, 0.1) is 5.92 Å². The number of hydrogen-bond donors (Lipinski definition) is 5. The molecule has 0 radical (unpaired) electrons. The summed E-state index contributed by atoms with van der Waals surface area (Å²) >= 11 is 0. The fourth-order valence-electron chi connectivity index (χ4n) is 3.58. The maximum atomic E-state index is 12.9. The van der Waals surface area contributed by atoms with Gasteiger partial charge in [-0.2, -0.15) is 0 Å². The summed E-state index contributed by atoms with van der Waals surface area (Å²) in [7, 11) is 0. The van der Waals surface area contributed by atoms with Crippen LogP contribution in [-0.2, 0) is 25.6 Å². The second-order valence-corrected chi connectivity index (χ2v) is 8.29. The van der Waals surface area contributed by atoms with E-state index in [1.807, 2.05) is 6.07 Å². The molecule has 1 heterocycles. The third-order valence-corrected chi connectivity index (χ3v) is 5.55. The molecule has 1 aliphatic heterocycles. The van der Waals surface area contributed by atoms with E-state index in [2.05, 4.69) is 10.6 Å². The fraction of sp³-hybridized carbons (Fsp3) is 0.545. The van der Waals surface area contributed by atoms with Crippen molar-refractivity contribution < 1.29 is 29.4 Å². The number of carboxylic acid groups (broad SMARTS) is 1. The minimum Gasteiger partial charge on any atom is -0.480 e. The van der Waals surface area contributed by atoms with Crippen LogP contribution in [0.25, 0.3) is 0 Å². The van der Waals surface area contributed by atoms with E-state index in [1.54, 1.807) is 38.1 Å². The predicted octanol–water partition coefficient (Wildman–Crippen LogP) is -0.750. The van der Waals surface area contributed by atoms with Crippen LogP contribution in [0.5, 0.6) is 0 Å². The molecule has 0 aliphatic carbocycles. The summed E-state index contributed by atoms with van der Waals surface area (Å²) in [5.74, 6) is -3.10. The molecule has 4 unspecified atom stereocenters. The van der Waals surface area contributed by atoms with Crippen molar-refractivity contribution in [1.82, 2.24) is 15.5 Å². The van der Waals surface area contributed by atoms with Crippen LogP contribution in [0.15, 0.2) is 30.3 Å². The molecule has 2 rings (SSSR count). The van der Waals surface area contributed by atoms with Gasteiger partial charge < -0.3 is 31.5 Å². The van der Waals surface area contributed by atoms with E-state index in [0.29, 0.717) is 12.8 Å². The highest BCUT2D eigenvalue weighted by molar-refractivity contribution is 5.94. The molecule has 1 saturated heterocycles. The summed E-state index contributed by atoms with van der Waals surface area (Å²) in [6, 6.07) is 4.79. The summed E-state index contributed by atoms with van der Waals surface area (Å²) in [6.45, 7) is 3.13. The Morgan fingerprint density at radius 2 is 1.78 bits per heavy atom. The Kier molecular flexibility index (Phi) is 9.15. The van der Waals surface area contributed by atoms with Crippen molar-refractivity contribution in [2.24, 2.45) is 11.7 Å². The largest absolute Gasteiger partial charge is 0.480 e. The summed E-state index contributed by atoms with van der Waals surface area (Å²) in [6.07, 6.45) is 0.996. The number of carbonyl (C=O) groups is 4. The Morgan fingerprint density at radius 1 is 1.12 bits per heavy atom. The van der Waals surface area contributed by atoms with E-state index < -0.39 is 54.5 Å². The highest BCUT2D eigenvalue weighted by Crippen LogP contribution is 2.19. The number of aliphatic hydroxyl groups excluding tert-OH is 1. The smallest absolute Gasteiger partial charge is 0.326 e. The van der Waals surface area contributed by atoms with Gasteiger partial charge in [0.1, 0.15) is 18.1 Å². The van der Waals surface area contributed by atoms with E-state index in [4.69, 9.17) is 5.73 Å². The first-order chi connectivity index (χ1) is 15.1. The zero-order valence-corrected chi connectivity index (χ0v) is 18.4. The molecule has 4 atom stereocenters. The lowest BCUT2D eigenvalue weighted by molar-refractivity contribution is -0.145. The van der Waals surface area contributed by atoms with Gasteiger partial charge in [-0.05, 0) is 24.3 Å².